The zero-order valence-corrected chi connectivity index (χ0v) is 12.1. The topological polar surface area (TPSA) is 17.1 Å². The Kier molecular flexibility index (Phi) is 3.75. The van der Waals surface area contributed by atoms with Crippen LogP contribution in [-0.4, -0.2) is 5.78 Å². The second kappa shape index (κ2) is 4.96. The van der Waals surface area contributed by atoms with Gasteiger partial charge < -0.3 is 0 Å². The lowest BCUT2D eigenvalue weighted by Gasteiger charge is -2.03. The molecule has 0 unspecified atom stereocenters. The van der Waals surface area contributed by atoms with E-state index in [0.29, 0.717) is 0 Å². The molecule has 0 N–H and O–H groups in total. The molecule has 1 nitrogen and oxygen atoms in total. The molecule has 0 aliphatic heterocycles. The summed E-state index contributed by atoms with van der Waals surface area (Å²) in [4.78, 5) is 12.2. The highest BCUT2D eigenvalue weighted by atomic mass is 79.9. The quantitative estimate of drug-likeness (QED) is 0.540. The van der Waals surface area contributed by atoms with E-state index in [9.17, 15) is 13.6 Å². The van der Waals surface area contributed by atoms with Crippen LogP contribution in [0.2, 0.25) is 0 Å². The summed E-state index contributed by atoms with van der Waals surface area (Å²) in [6.07, 6.45) is 0. The number of ketones is 1. The summed E-state index contributed by atoms with van der Waals surface area (Å²) >= 11 is 7.25. The Morgan fingerprint density at radius 2 is 1.82 bits per heavy atom. The van der Waals surface area contributed by atoms with Crippen molar-refractivity contribution < 1.29 is 13.6 Å². The van der Waals surface area contributed by atoms with Crippen molar-refractivity contribution in [2.75, 3.05) is 0 Å². The molecule has 0 amide bonds. The molecule has 1 aromatic heterocycles. The van der Waals surface area contributed by atoms with Gasteiger partial charge in [-0.2, -0.15) is 0 Å². The van der Waals surface area contributed by atoms with Crippen LogP contribution in [-0.2, 0) is 0 Å². The van der Waals surface area contributed by atoms with Gasteiger partial charge in [-0.25, -0.2) is 8.78 Å². The summed E-state index contributed by atoms with van der Waals surface area (Å²) in [5, 5.41) is 0. The highest BCUT2D eigenvalue weighted by Gasteiger charge is 2.22. The van der Waals surface area contributed by atoms with Crippen LogP contribution >= 0.6 is 43.2 Å². The Balaban J connectivity index is 2.54. The molecule has 1 heterocycles. The average Bonchev–Trinajstić information content (AvgIpc) is 2.71. The fourth-order valence-corrected chi connectivity index (χ4v) is 2.96. The summed E-state index contributed by atoms with van der Waals surface area (Å²) in [6, 6.07) is 5.47. The first-order valence-electron chi connectivity index (χ1n) is 4.44. The van der Waals surface area contributed by atoms with Crippen molar-refractivity contribution >= 4 is 49.0 Å². The summed E-state index contributed by atoms with van der Waals surface area (Å²) in [6.45, 7) is 0. The minimum absolute atomic E-state index is 0.0675. The fraction of sp³-hybridized carbons (Fsp3) is 0. The second-order valence-electron chi connectivity index (χ2n) is 3.15. The third-order valence-electron chi connectivity index (χ3n) is 2.07. The molecule has 1 aromatic carbocycles. The van der Waals surface area contributed by atoms with Crippen LogP contribution in [0.15, 0.2) is 32.5 Å². The predicted octanol–water partition coefficient (Wildman–Crippen LogP) is 4.78. The number of hydrogen-bond donors (Lipinski definition) is 0. The third-order valence-corrected chi connectivity index (χ3v) is 4.30. The van der Waals surface area contributed by atoms with Gasteiger partial charge in [-0.1, -0.05) is 0 Å². The van der Waals surface area contributed by atoms with Crippen LogP contribution < -0.4 is 0 Å². The molecule has 17 heavy (non-hydrogen) atoms. The maximum Gasteiger partial charge on any atom is 0.208 e. The summed E-state index contributed by atoms with van der Waals surface area (Å²) in [5.41, 5.74) is -0.534. The molecule has 0 bridgehead atoms. The average molecular weight is 382 g/mol. The molecule has 0 radical (unpaired) electrons. The fourth-order valence-electron chi connectivity index (χ4n) is 1.29. The Morgan fingerprint density at radius 1 is 1.12 bits per heavy atom. The van der Waals surface area contributed by atoms with Crippen LogP contribution in [0.4, 0.5) is 8.78 Å². The van der Waals surface area contributed by atoms with E-state index in [1.165, 1.54) is 12.1 Å². The lowest BCUT2D eigenvalue weighted by Crippen LogP contribution is -2.06. The Labute approximate surface area is 117 Å². The molecule has 0 fully saturated rings. The van der Waals surface area contributed by atoms with E-state index in [4.69, 9.17) is 0 Å². The number of thiophene rings is 1. The first-order chi connectivity index (χ1) is 8.00. The van der Waals surface area contributed by atoms with Gasteiger partial charge in [0.1, 0.15) is 5.82 Å². The maximum absolute atomic E-state index is 13.7. The molecule has 0 saturated heterocycles. The maximum atomic E-state index is 13.7. The van der Waals surface area contributed by atoms with Crippen molar-refractivity contribution in [1.82, 2.24) is 0 Å². The van der Waals surface area contributed by atoms with Gasteiger partial charge >= 0.3 is 0 Å². The first kappa shape index (κ1) is 12.9. The molecular formula is C11H4Br2F2OS. The highest BCUT2D eigenvalue weighted by molar-refractivity contribution is 9.11. The largest absolute Gasteiger partial charge is 0.287 e. The molecule has 88 valence electrons. The zero-order valence-electron chi connectivity index (χ0n) is 8.14. The Bertz CT molecular complexity index is 595. The standard InChI is InChI=1S/C11H4Br2F2OS/c12-5-1-2-6(14)9(10(5)15)11(16)7-3-4-8(13)17-7/h1-4H. The summed E-state index contributed by atoms with van der Waals surface area (Å²) in [5.74, 6) is -2.39. The SMILES string of the molecule is O=C(c1ccc(Br)s1)c1c(F)ccc(Br)c1F. The van der Waals surface area contributed by atoms with E-state index in [-0.39, 0.29) is 9.35 Å². The normalized spacial score (nSPS) is 10.6. The number of hydrogen-bond acceptors (Lipinski definition) is 2. The van der Waals surface area contributed by atoms with Crippen LogP contribution in [0.5, 0.6) is 0 Å². The van der Waals surface area contributed by atoms with Gasteiger partial charge in [0.2, 0.25) is 5.78 Å². The van der Waals surface area contributed by atoms with Crippen molar-refractivity contribution in [1.29, 1.82) is 0 Å². The third kappa shape index (κ3) is 2.48. The predicted molar refractivity (Wildman–Crippen MR) is 69.5 cm³/mol. The van der Waals surface area contributed by atoms with Gasteiger partial charge in [0.05, 0.1) is 18.7 Å². The number of carbonyl (C=O) groups excluding carboxylic acids is 1. The molecule has 6 heteroatoms. The zero-order chi connectivity index (χ0) is 12.6. The highest BCUT2D eigenvalue weighted by Crippen LogP contribution is 2.28. The van der Waals surface area contributed by atoms with Gasteiger partial charge in [0.15, 0.2) is 5.82 Å². The van der Waals surface area contributed by atoms with Gasteiger partial charge in [-0.15, -0.1) is 11.3 Å². The van der Waals surface area contributed by atoms with Crippen LogP contribution in [0, 0.1) is 11.6 Å². The van der Waals surface area contributed by atoms with Crippen LogP contribution in [0.25, 0.3) is 0 Å². The number of rotatable bonds is 2. The molecule has 2 aromatic rings. The van der Waals surface area contributed by atoms with Crippen LogP contribution in [0.1, 0.15) is 15.2 Å². The van der Waals surface area contributed by atoms with Crippen molar-refractivity contribution in [3.05, 3.63) is 54.6 Å². The van der Waals surface area contributed by atoms with Crippen molar-refractivity contribution in [2.24, 2.45) is 0 Å². The van der Waals surface area contributed by atoms with E-state index in [0.717, 1.165) is 21.2 Å². The van der Waals surface area contributed by atoms with Crippen molar-refractivity contribution in [2.45, 2.75) is 0 Å². The number of carbonyl (C=O) groups is 1. The van der Waals surface area contributed by atoms with E-state index < -0.39 is 23.0 Å². The number of halogens is 4. The van der Waals surface area contributed by atoms with E-state index >= 15 is 0 Å². The minimum Gasteiger partial charge on any atom is -0.287 e. The Morgan fingerprint density at radius 3 is 2.41 bits per heavy atom. The molecule has 0 spiro atoms. The molecule has 2 rings (SSSR count). The molecular weight excluding hydrogens is 378 g/mol. The smallest absolute Gasteiger partial charge is 0.208 e. The molecule has 0 saturated carbocycles. The van der Waals surface area contributed by atoms with Crippen LogP contribution in [0.3, 0.4) is 0 Å². The second-order valence-corrected chi connectivity index (χ2v) is 6.47. The van der Waals surface area contributed by atoms with E-state index in [2.05, 4.69) is 31.9 Å². The molecule has 0 aliphatic rings. The van der Waals surface area contributed by atoms with E-state index in [1.807, 2.05) is 0 Å². The van der Waals surface area contributed by atoms with Crippen molar-refractivity contribution in [3.8, 4) is 0 Å². The molecule has 0 aliphatic carbocycles. The Hall–Kier alpha value is -0.590. The minimum atomic E-state index is -0.875. The van der Waals surface area contributed by atoms with Crippen molar-refractivity contribution in [3.63, 3.8) is 0 Å². The number of benzene rings is 1. The lowest BCUT2D eigenvalue weighted by molar-refractivity contribution is 0.103. The van der Waals surface area contributed by atoms with Gasteiger partial charge in [0, 0.05) is 0 Å². The van der Waals surface area contributed by atoms with Gasteiger partial charge in [0.25, 0.3) is 0 Å². The van der Waals surface area contributed by atoms with E-state index in [1.54, 1.807) is 6.07 Å². The summed E-state index contributed by atoms with van der Waals surface area (Å²) < 4.78 is 28.0. The first-order valence-corrected chi connectivity index (χ1v) is 6.84. The summed E-state index contributed by atoms with van der Waals surface area (Å²) in [7, 11) is 0. The molecule has 0 atom stereocenters. The monoisotopic (exact) mass is 380 g/mol. The van der Waals surface area contributed by atoms with Gasteiger partial charge in [-0.05, 0) is 56.1 Å². The lowest BCUT2D eigenvalue weighted by atomic mass is 10.1. The van der Waals surface area contributed by atoms with Gasteiger partial charge in [-0.3, -0.25) is 4.79 Å².